The summed E-state index contributed by atoms with van der Waals surface area (Å²) >= 11 is 0. The number of carbonyl (C=O) groups excluding carboxylic acids is 1. The highest BCUT2D eigenvalue weighted by Gasteiger charge is 2.03. The molecule has 4 N–H and O–H groups in total. The summed E-state index contributed by atoms with van der Waals surface area (Å²) in [5.41, 5.74) is 2.45. The van der Waals surface area contributed by atoms with Crippen LogP contribution in [-0.4, -0.2) is 43.4 Å². The average Bonchev–Trinajstić information content (AvgIpc) is 2.15. The van der Waals surface area contributed by atoms with Crippen molar-refractivity contribution in [3.05, 3.63) is 0 Å². The molecule has 0 heterocycles. The standard InChI is InChI=1S/C9H21N5O/c1-7(2)12-9(13-10)11-6-5-8(15)14(3)4/h7H,5-6,10H2,1-4H3,(H2,11,12,13). The number of carbonyl (C=O) groups is 1. The van der Waals surface area contributed by atoms with Crippen LogP contribution in [0.2, 0.25) is 0 Å². The van der Waals surface area contributed by atoms with Crippen molar-refractivity contribution in [3.8, 4) is 0 Å². The predicted octanol–water partition coefficient (Wildman–Crippen LogP) is -0.718. The number of hydrogen-bond donors (Lipinski definition) is 3. The van der Waals surface area contributed by atoms with E-state index in [1.165, 1.54) is 0 Å². The van der Waals surface area contributed by atoms with Crippen LogP contribution in [0.15, 0.2) is 4.99 Å². The Morgan fingerprint density at radius 1 is 1.47 bits per heavy atom. The van der Waals surface area contributed by atoms with Gasteiger partial charge in [0.05, 0.1) is 6.54 Å². The fourth-order valence-corrected chi connectivity index (χ4v) is 0.893. The number of nitrogens with zero attached hydrogens (tertiary/aromatic N) is 2. The Hall–Kier alpha value is -1.30. The van der Waals surface area contributed by atoms with Crippen LogP contribution in [0.5, 0.6) is 0 Å². The minimum absolute atomic E-state index is 0.0552. The van der Waals surface area contributed by atoms with Crippen molar-refractivity contribution in [2.75, 3.05) is 20.6 Å². The quantitative estimate of drug-likeness (QED) is 0.250. The summed E-state index contributed by atoms with van der Waals surface area (Å²) in [6, 6.07) is 0.254. The molecule has 0 saturated heterocycles. The molecule has 6 nitrogen and oxygen atoms in total. The Bertz CT molecular complexity index is 225. The second-order valence-corrected chi connectivity index (χ2v) is 3.71. The maximum atomic E-state index is 11.2. The molecule has 0 aromatic carbocycles. The Morgan fingerprint density at radius 3 is 2.47 bits per heavy atom. The summed E-state index contributed by atoms with van der Waals surface area (Å²) in [6.07, 6.45) is 0.387. The molecule has 0 aliphatic carbocycles. The number of hydrogen-bond acceptors (Lipinski definition) is 3. The van der Waals surface area contributed by atoms with Gasteiger partial charge in [0.25, 0.3) is 0 Å². The van der Waals surface area contributed by atoms with E-state index >= 15 is 0 Å². The summed E-state index contributed by atoms with van der Waals surface area (Å²) < 4.78 is 0. The van der Waals surface area contributed by atoms with Gasteiger partial charge in [0.15, 0.2) is 0 Å². The molecule has 0 aliphatic heterocycles. The highest BCUT2D eigenvalue weighted by molar-refractivity contribution is 5.80. The molecule has 0 fully saturated rings. The number of rotatable bonds is 4. The maximum absolute atomic E-state index is 11.2. The van der Waals surface area contributed by atoms with Crippen molar-refractivity contribution in [2.45, 2.75) is 26.3 Å². The zero-order valence-corrected chi connectivity index (χ0v) is 9.87. The second kappa shape index (κ2) is 7.05. The van der Waals surface area contributed by atoms with Gasteiger partial charge in [0, 0.05) is 26.6 Å². The van der Waals surface area contributed by atoms with Crippen molar-refractivity contribution in [1.82, 2.24) is 15.6 Å². The molecule has 15 heavy (non-hydrogen) atoms. The van der Waals surface area contributed by atoms with Crippen molar-refractivity contribution in [3.63, 3.8) is 0 Å². The molecule has 0 unspecified atom stereocenters. The first kappa shape index (κ1) is 13.7. The average molecular weight is 215 g/mol. The lowest BCUT2D eigenvalue weighted by Gasteiger charge is -2.12. The van der Waals surface area contributed by atoms with Crippen LogP contribution in [0.3, 0.4) is 0 Å². The fraction of sp³-hybridized carbons (Fsp3) is 0.778. The zero-order chi connectivity index (χ0) is 11.8. The summed E-state index contributed by atoms with van der Waals surface area (Å²) in [5.74, 6) is 5.83. The van der Waals surface area contributed by atoms with Crippen molar-refractivity contribution >= 4 is 11.9 Å². The van der Waals surface area contributed by atoms with E-state index in [1.807, 2.05) is 13.8 Å². The Balaban J connectivity index is 3.96. The molecule has 0 atom stereocenters. The number of guanidine groups is 1. The first-order valence-electron chi connectivity index (χ1n) is 4.95. The Kier molecular flexibility index (Phi) is 6.44. The van der Waals surface area contributed by atoms with Crippen LogP contribution in [-0.2, 0) is 4.79 Å². The zero-order valence-electron chi connectivity index (χ0n) is 9.87. The molecule has 0 aliphatic rings. The van der Waals surface area contributed by atoms with E-state index in [0.29, 0.717) is 18.9 Å². The SMILES string of the molecule is CC(C)NC(=NCCC(=O)N(C)C)NN. The lowest BCUT2D eigenvalue weighted by Crippen LogP contribution is -2.44. The number of aliphatic imine (C=N–C) groups is 1. The summed E-state index contributed by atoms with van der Waals surface area (Å²) in [6.45, 7) is 4.39. The van der Waals surface area contributed by atoms with Gasteiger partial charge >= 0.3 is 0 Å². The highest BCUT2D eigenvalue weighted by Crippen LogP contribution is 1.88. The van der Waals surface area contributed by atoms with E-state index in [9.17, 15) is 4.79 Å². The van der Waals surface area contributed by atoms with Gasteiger partial charge in [-0.25, -0.2) is 5.84 Å². The predicted molar refractivity (Wildman–Crippen MR) is 61.2 cm³/mol. The number of hydrazine groups is 1. The number of nitrogens with two attached hydrogens (primary N) is 1. The van der Waals surface area contributed by atoms with E-state index in [0.717, 1.165) is 0 Å². The largest absolute Gasteiger partial charge is 0.353 e. The van der Waals surface area contributed by atoms with Crippen molar-refractivity contribution < 1.29 is 4.79 Å². The molecule has 0 spiro atoms. The third-order valence-electron chi connectivity index (χ3n) is 1.66. The molecule has 0 aromatic rings. The molecule has 0 bridgehead atoms. The number of nitrogens with one attached hydrogen (secondary N) is 2. The normalized spacial score (nSPS) is 11.5. The molecule has 88 valence electrons. The minimum atomic E-state index is 0.0552. The Morgan fingerprint density at radius 2 is 2.07 bits per heavy atom. The van der Waals surface area contributed by atoms with E-state index < -0.39 is 0 Å². The molecular formula is C9H21N5O. The van der Waals surface area contributed by atoms with Gasteiger partial charge in [0.2, 0.25) is 11.9 Å². The molecule has 6 heteroatoms. The van der Waals surface area contributed by atoms with Gasteiger partial charge in [-0.1, -0.05) is 0 Å². The third kappa shape index (κ3) is 6.73. The van der Waals surface area contributed by atoms with E-state index in [1.54, 1.807) is 19.0 Å². The van der Waals surface area contributed by atoms with E-state index in [4.69, 9.17) is 5.84 Å². The minimum Gasteiger partial charge on any atom is -0.353 e. The van der Waals surface area contributed by atoms with Crippen LogP contribution < -0.4 is 16.6 Å². The van der Waals surface area contributed by atoms with Crippen LogP contribution in [0, 0.1) is 0 Å². The topological polar surface area (TPSA) is 82.8 Å². The molecule has 0 rings (SSSR count). The summed E-state index contributed by atoms with van der Waals surface area (Å²) in [4.78, 5) is 16.9. The van der Waals surface area contributed by atoms with Crippen LogP contribution >= 0.6 is 0 Å². The van der Waals surface area contributed by atoms with Gasteiger partial charge in [-0.15, -0.1) is 0 Å². The molecule has 0 radical (unpaired) electrons. The van der Waals surface area contributed by atoms with Crippen molar-refractivity contribution in [2.24, 2.45) is 10.8 Å². The van der Waals surface area contributed by atoms with E-state index in [2.05, 4.69) is 15.7 Å². The highest BCUT2D eigenvalue weighted by atomic mass is 16.2. The van der Waals surface area contributed by atoms with Gasteiger partial charge < -0.3 is 10.2 Å². The molecule has 1 amide bonds. The maximum Gasteiger partial charge on any atom is 0.223 e. The van der Waals surface area contributed by atoms with Crippen LogP contribution in [0.1, 0.15) is 20.3 Å². The van der Waals surface area contributed by atoms with Crippen LogP contribution in [0.4, 0.5) is 0 Å². The number of amides is 1. The molecule has 0 aromatic heterocycles. The van der Waals surface area contributed by atoms with Gasteiger partial charge in [-0.3, -0.25) is 15.2 Å². The first-order valence-corrected chi connectivity index (χ1v) is 4.95. The van der Waals surface area contributed by atoms with Gasteiger partial charge in [-0.05, 0) is 13.8 Å². The first-order chi connectivity index (χ1) is 6.97. The van der Waals surface area contributed by atoms with Crippen LogP contribution in [0.25, 0.3) is 0 Å². The van der Waals surface area contributed by atoms with Gasteiger partial charge in [0.1, 0.15) is 0 Å². The third-order valence-corrected chi connectivity index (χ3v) is 1.66. The lowest BCUT2D eigenvalue weighted by atomic mass is 10.4. The van der Waals surface area contributed by atoms with E-state index in [-0.39, 0.29) is 11.9 Å². The van der Waals surface area contributed by atoms with Gasteiger partial charge in [-0.2, -0.15) is 0 Å². The fourth-order valence-electron chi connectivity index (χ4n) is 0.893. The second-order valence-electron chi connectivity index (χ2n) is 3.71. The molecule has 0 saturated carbocycles. The summed E-state index contributed by atoms with van der Waals surface area (Å²) in [5, 5.41) is 3.02. The summed E-state index contributed by atoms with van der Waals surface area (Å²) in [7, 11) is 3.45. The Labute approximate surface area is 90.9 Å². The molecular weight excluding hydrogens is 194 g/mol. The lowest BCUT2D eigenvalue weighted by molar-refractivity contribution is -0.128. The monoisotopic (exact) mass is 215 g/mol. The smallest absolute Gasteiger partial charge is 0.223 e. The van der Waals surface area contributed by atoms with Crippen molar-refractivity contribution in [1.29, 1.82) is 0 Å².